The lowest BCUT2D eigenvalue weighted by molar-refractivity contribution is 0.541. The number of hydrogen-bond acceptors (Lipinski definition) is 1. The van der Waals surface area contributed by atoms with Gasteiger partial charge in [-0.1, -0.05) is 40.5 Å². The molecule has 2 aromatic carbocycles. The number of hydrogen-bond donors (Lipinski definition) is 1. The molecular weight excluding hydrogens is 360 g/mol. The SMILES string of the molecule is CCCNC(c1ccc(Cl)cc1F)c1cc(F)ccc1Br. The molecule has 0 amide bonds. The Morgan fingerprint density at radius 1 is 1.14 bits per heavy atom. The molecule has 21 heavy (non-hydrogen) atoms. The monoisotopic (exact) mass is 373 g/mol. The lowest BCUT2D eigenvalue weighted by Crippen LogP contribution is -2.24. The quantitative estimate of drug-likeness (QED) is 0.732. The highest BCUT2D eigenvalue weighted by Crippen LogP contribution is 2.31. The molecule has 0 aliphatic carbocycles. The van der Waals surface area contributed by atoms with E-state index in [1.54, 1.807) is 18.2 Å². The Morgan fingerprint density at radius 2 is 1.90 bits per heavy atom. The standard InChI is InChI=1S/C16H15BrClF2N/c1-2-7-21-16(12-5-3-10(18)8-15(12)20)13-9-11(19)4-6-14(13)17/h3-6,8-9,16,21H,2,7H2,1H3. The van der Waals surface area contributed by atoms with E-state index in [2.05, 4.69) is 21.2 Å². The lowest BCUT2D eigenvalue weighted by atomic mass is 9.98. The van der Waals surface area contributed by atoms with Gasteiger partial charge in [0.25, 0.3) is 0 Å². The van der Waals surface area contributed by atoms with Gasteiger partial charge in [-0.15, -0.1) is 0 Å². The third-order valence-electron chi connectivity index (χ3n) is 3.14. The molecule has 1 nitrogen and oxygen atoms in total. The van der Waals surface area contributed by atoms with Gasteiger partial charge in [-0.05, 0) is 48.9 Å². The average Bonchev–Trinajstić information content (AvgIpc) is 2.44. The van der Waals surface area contributed by atoms with E-state index in [9.17, 15) is 8.78 Å². The third-order valence-corrected chi connectivity index (χ3v) is 4.10. The normalized spacial score (nSPS) is 12.4. The summed E-state index contributed by atoms with van der Waals surface area (Å²) in [4.78, 5) is 0. The molecule has 2 aromatic rings. The smallest absolute Gasteiger partial charge is 0.129 e. The van der Waals surface area contributed by atoms with Gasteiger partial charge < -0.3 is 5.32 Å². The van der Waals surface area contributed by atoms with Crippen LogP contribution in [0.3, 0.4) is 0 Å². The minimum absolute atomic E-state index is 0.337. The van der Waals surface area contributed by atoms with Crippen LogP contribution in [0.5, 0.6) is 0 Å². The zero-order chi connectivity index (χ0) is 15.4. The van der Waals surface area contributed by atoms with Crippen molar-refractivity contribution in [1.82, 2.24) is 5.32 Å². The van der Waals surface area contributed by atoms with Crippen molar-refractivity contribution in [1.29, 1.82) is 0 Å². The summed E-state index contributed by atoms with van der Waals surface area (Å²) in [7, 11) is 0. The maximum Gasteiger partial charge on any atom is 0.129 e. The fourth-order valence-electron chi connectivity index (χ4n) is 2.15. The summed E-state index contributed by atoms with van der Waals surface area (Å²) in [5.74, 6) is -0.766. The fourth-order valence-corrected chi connectivity index (χ4v) is 2.78. The minimum Gasteiger partial charge on any atom is -0.306 e. The topological polar surface area (TPSA) is 12.0 Å². The first-order valence-corrected chi connectivity index (χ1v) is 7.83. The van der Waals surface area contributed by atoms with Gasteiger partial charge in [0.15, 0.2) is 0 Å². The zero-order valence-electron chi connectivity index (χ0n) is 11.5. The van der Waals surface area contributed by atoms with Crippen molar-refractivity contribution in [3.63, 3.8) is 0 Å². The first-order valence-electron chi connectivity index (χ1n) is 6.66. The van der Waals surface area contributed by atoms with E-state index in [-0.39, 0.29) is 5.82 Å². The average molecular weight is 375 g/mol. The molecule has 0 aliphatic rings. The molecule has 0 aliphatic heterocycles. The highest BCUT2D eigenvalue weighted by atomic mass is 79.9. The summed E-state index contributed by atoms with van der Waals surface area (Å²) < 4.78 is 28.5. The van der Waals surface area contributed by atoms with Gasteiger partial charge in [-0.3, -0.25) is 0 Å². The first-order chi connectivity index (χ1) is 10.0. The van der Waals surface area contributed by atoms with Gasteiger partial charge in [0.2, 0.25) is 0 Å². The maximum atomic E-state index is 14.2. The Hall–Kier alpha value is -0.970. The molecule has 0 fully saturated rings. The molecule has 1 atom stereocenters. The molecule has 0 radical (unpaired) electrons. The number of nitrogens with one attached hydrogen (secondary N) is 1. The van der Waals surface area contributed by atoms with E-state index in [0.29, 0.717) is 22.7 Å². The summed E-state index contributed by atoms with van der Waals surface area (Å²) in [6.45, 7) is 2.71. The number of benzene rings is 2. The van der Waals surface area contributed by atoms with Crippen molar-refractivity contribution < 1.29 is 8.78 Å². The molecule has 0 saturated heterocycles. The molecule has 0 aromatic heterocycles. The van der Waals surface area contributed by atoms with Crippen LogP contribution in [0.25, 0.3) is 0 Å². The molecule has 5 heteroatoms. The highest BCUT2D eigenvalue weighted by molar-refractivity contribution is 9.10. The Balaban J connectivity index is 2.49. The summed E-state index contributed by atoms with van der Waals surface area (Å²) in [6, 6.07) is 8.49. The van der Waals surface area contributed by atoms with Crippen molar-refractivity contribution >= 4 is 27.5 Å². The van der Waals surface area contributed by atoms with E-state index < -0.39 is 11.9 Å². The summed E-state index contributed by atoms with van der Waals surface area (Å²) in [6.07, 6.45) is 0.888. The molecule has 0 bridgehead atoms. The fraction of sp³-hybridized carbons (Fsp3) is 0.250. The van der Waals surface area contributed by atoms with Gasteiger partial charge in [0.05, 0.1) is 6.04 Å². The first kappa shape index (κ1) is 16.4. The Kier molecular flexibility index (Phi) is 5.73. The van der Waals surface area contributed by atoms with Crippen LogP contribution in [0.1, 0.15) is 30.5 Å². The second-order valence-corrected chi connectivity index (χ2v) is 6.01. The Bertz CT molecular complexity index is 634. The molecule has 0 spiro atoms. The summed E-state index contributed by atoms with van der Waals surface area (Å²) in [5, 5.41) is 3.59. The van der Waals surface area contributed by atoms with E-state index in [1.165, 1.54) is 18.2 Å². The molecular formula is C16H15BrClF2N. The van der Waals surface area contributed by atoms with Crippen molar-refractivity contribution in [3.05, 3.63) is 68.7 Å². The lowest BCUT2D eigenvalue weighted by Gasteiger charge is -2.21. The van der Waals surface area contributed by atoms with Crippen LogP contribution >= 0.6 is 27.5 Å². The Morgan fingerprint density at radius 3 is 2.57 bits per heavy atom. The van der Waals surface area contributed by atoms with Gasteiger partial charge >= 0.3 is 0 Å². The maximum absolute atomic E-state index is 14.2. The molecule has 0 heterocycles. The molecule has 2 rings (SSSR count). The van der Waals surface area contributed by atoms with Crippen molar-refractivity contribution in [2.45, 2.75) is 19.4 Å². The zero-order valence-corrected chi connectivity index (χ0v) is 13.8. The van der Waals surface area contributed by atoms with Crippen LogP contribution in [-0.4, -0.2) is 6.54 Å². The van der Waals surface area contributed by atoms with Crippen molar-refractivity contribution in [3.8, 4) is 0 Å². The van der Waals surface area contributed by atoms with Crippen LogP contribution in [-0.2, 0) is 0 Å². The molecule has 112 valence electrons. The van der Waals surface area contributed by atoms with E-state index in [1.807, 2.05) is 6.92 Å². The Labute approximate surface area is 136 Å². The van der Waals surface area contributed by atoms with Gasteiger partial charge in [-0.2, -0.15) is 0 Å². The largest absolute Gasteiger partial charge is 0.306 e. The number of rotatable bonds is 5. The number of halogens is 4. The second-order valence-electron chi connectivity index (χ2n) is 4.72. The van der Waals surface area contributed by atoms with E-state index in [0.717, 1.165) is 10.9 Å². The minimum atomic E-state index is -0.438. The molecule has 1 N–H and O–H groups in total. The third kappa shape index (κ3) is 4.02. The van der Waals surface area contributed by atoms with Gasteiger partial charge in [0, 0.05) is 15.1 Å². The van der Waals surface area contributed by atoms with E-state index in [4.69, 9.17) is 11.6 Å². The summed E-state index contributed by atoms with van der Waals surface area (Å²) >= 11 is 9.20. The van der Waals surface area contributed by atoms with Gasteiger partial charge in [0.1, 0.15) is 11.6 Å². The predicted molar refractivity (Wildman–Crippen MR) is 85.6 cm³/mol. The van der Waals surface area contributed by atoms with Crippen LogP contribution in [0.15, 0.2) is 40.9 Å². The van der Waals surface area contributed by atoms with E-state index >= 15 is 0 Å². The van der Waals surface area contributed by atoms with Crippen LogP contribution in [0, 0.1) is 11.6 Å². The highest BCUT2D eigenvalue weighted by Gasteiger charge is 2.20. The van der Waals surface area contributed by atoms with Crippen LogP contribution < -0.4 is 5.32 Å². The van der Waals surface area contributed by atoms with Crippen molar-refractivity contribution in [2.75, 3.05) is 6.54 Å². The predicted octanol–water partition coefficient (Wildman–Crippen LogP) is 5.47. The van der Waals surface area contributed by atoms with Crippen molar-refractivity contribution in [2.24, 2.45) is 0 Å². The van der Waals surface area contributed by atoms with Crippen LogP contribution in [0.2, 0.25) is 5.02 Å². The summed E-state index contributed by atoms with van der Waals surface area (Å²) in [5.41, 5.74) is 1.10. The molecule has 0 saturated carbocycles. The second kappa shape index (κ2) is 7.34. The van der Waals surface area contributed by atoms with Gasteiger partial charge in [-0.25, -0.2) is 8.78 Å². The molecule has 1 unspecified atom stereocenters. The van der Waals surface area contributed by atoms with Crippen LogP contribution in [0.4, 0.5) is 8.78 Å².